The number of methoxy groups -OCH3 is 1. The molecule has 1 fully saturated rings. The molecule has 2 rings (SSSR count). The zero-order valence-corrected chi connectivity index (χ0v) is 10.8. The summed E-state index contributed by atoms with van der Waals surface area (Å²) >= 11 is 0. The standard InChI is InChI=1S/C12H18O6/c1-12(2)16-6-9(18-12)11-8(15-7-14-3)4-5-10(13)17-11/h4-5,8-9,11H,6-7H2,1-3H3/t8-,9+,11+/m0/s1. The lowest BCUT2D eigenvalue weighted by Crippen LogP contribution is -2.45. The van der Waals surface area contributed by atoms with E-state index in [0.717, 1.165) is 0 Å². The molecule has 2 aliphatic heterocycles. The van der Waals surface area contributed by atoms with E-state index in [0.29, 0.717) is 6.61 Å². The van der Waals surface area contributed by atoms with Crippen LogP contribution in [0.5, 0.6) is 0 Å². The van der Waals surface area contributed by atoms with Gasteiger partial charge < -0.3 is 23.7 Å². The largest absolute Gasteiger partial charge is 0.453 e. The highest BCUT2D eigenvalue weighted by Crippen LogP contribution is 2.29. The number of esters is 1. The molecule has 18 heavy (non-hydrogen) atoms. The van der Waals surface area contributed by atoms with Crippen molar-refractivity contribution in [3.05, 3.63) is 12.2 Å². The van der Waals surface area contributed by atoms with Gasteiger partial charge in [-0.1, -0.05) is 0 Å². The molecule has 6 nitrogen and oxygen atoms in total. The third-order valence-electron chi connectivity index (χ3n) is 2.77. The zero-order valence-electron chi connectivity index (χ0n) is 10.8. The first-order valence-electron chi connectivity index (χ1n) is 5.83. The van der Waals surface area contributed by atoms with E-state index < -0.39 is 17.9 Å². The monoisotopic (exact) mass is 258 g/mol. The van der Waals surface area contributed by atoms with Crippen LogP contribution in [0.3, 0.4) is 0 Å². The Bertz CT molecular complexity index is 337. The molecule has 102 valence electrons. The van der Waals surface area contributed by atoms with Crippen LogP contribution >= 0.6 is 0 Å². The number of carbonyl (C=O) groups is 1. The van der Waals surface area contributed by atoms with Gasteiger partial charge in [-0.05, 0) is 19.9 Å². The molecule has 0 aliphatic carbocycles. The Morgan fingerprint density at radius 3 is 2.89 bits per heavy atom. The Hall–Kier alpha value is -0.950. The van der Waals surface area contributed by atoms with E-state index in [1.54, 1.807) is 6.08 Å². The maximum absolute atomic E-state index is 11.3. The predicted molar refractivity (Wildman–Crippen MR) is 60.7 cm³/mol. The van der Waals surface area contributed by atoms with Crippen LogP contribution in [0.4, 0.5) is 0 Å². The van der Waals surface area contributed by atoms with Gasteiger partial charge in [-0.3, -0.25) is 0 Å². The average molecular weight is 258 g/mol. The van der Waals surface area contributed by atoms with Gasteiger partial charge >= 0.3 is 5.97 Å². The second-order valence-electron chi connectivity index (χ2n) is 4.67. The Morgan fingerprint density at radius 1 is 1.50 bits per heavy atom. The van der Waals surface area contributed by atoms with E-state index in [9.17, 15) is 4.79 Å². The summed E-state index contributed by atoms with van der Waals surface area (Å²) in [6.07, 6.45) is 1.77. The van der Waals surface area contributed by atoms with Crippen molar-refractivity contribution in [3.63, 3.8) is 0 Å². The zero-order chi connectivity index (χ0) is 13.2. The van der Waals surface area contributed by atoms with E-state index in [2.05, 4.69) is 0 Å². The van der Waals surface area contributed by atoms with Crippen molar-refractivity contribution in [1.82, 2.24) is 0 Å². The fourth-order valence-electron chi connectivity index (χ4n) is 1.99. The molecule has 0 aromatic rings. The highest BCUT2D eigenvalue weighted by molar-refractivity contribution is 5.83. The van der Waals surface area contributed by atoms with Crippen LogP contribution in [0.2, 0.25) is 0 Å². The third-order valence-corrected chi connectivity index (χ3v) is 2.77. The van der Waals surface area contributed by atoms with Gasteiger partial charge in [0.05, 0.1) is 6.61 Å². The lowest BCUT2D eigenvalue weighted by atomic mass is 10.1. The van der Waals surface area contributed by atoms with Crippen molar-refractivity contribution >= 4 is 5.97 Å². The fraction of sp³-hybridized carbons (Fsp3) is 0.750. The van der Waals surface area contributed by atoms with Gasteiger partial charge in [-0.2, -0.15) is 0 Å². The van der Waals surface area contributed by atoms with Crippen LogP contribution in [-0.4, -0.2) is 50.6 Å². The summed E-state index contributed by atoms with van der Waals surface area (Å²) < 4.78 is 26.7. The second-order valence-corrected chi connectivity index (χ2v) is 4.67. The Labute approximate surface area is 106 Å². The van der Waals surface area contributed by atoms with Gasteiger partial charge in [0.15, 0.2) is 11.9 Å². The molecule has 0 aromatic heterocycles. The first kappa shape index (κ1) is 13.5. The second kappa shape index (κ2) is 5.36. The summed E-state index contributed by atoms with van der Waals surface area (Å²) in [4.78, 5) is 11.3. The summed E-state index contributed by atoms with van der Waals surface area (Å²) in [5, 5.41) is 0. The summed E-state index contributed by atoms with van der Waals surface area (Å²) in [6.45, 7) is 4.13. The van der Waals surface area contributed by atoms with Crippen molar-refractivity contribution in [1.29, 1.82) is 0 Å². The quantitative estimate of drug-likeness (QED) is 0.544. The van der Waals surface area contributed by atoms with Crippen molar-refractivity contribution in [2.75, 3.05) is 20.5 Å². The molecule has 0 amide bonds. The van der Waals surface area contributed by atoms with Crippen molar-refractivity contribution in [3.8, 4) is 0 Å². The Morgan fingerprint density at radius 2 is 2.28 bits per heavy atom. The van der Waals surface area contributed by atoms with Crippen LogP contribution in [0, 0.1) is 0 Å². The van der Waals surface area contributed by atoms with Crippen LogP contribution in [0.25, 0.3) is 0 Å². The summed E-state index contributed by atoms with van der Waals surface area (Å²) in [6, 6.07) is 0. The topological polar surface area (TPSA) is 63.2 Å². The van der Waals surface area contributed by atoms with Crippen LogP contribution < -0.4 is 0 Å². The van der Waals surface area contributed by atoms with Crippen molar-refractivity contribution in [2.24, 2.45) is 0 Å². The molecule has 0 bridgehead atoms. The molecule has 0 saturated carbocycles. The normalized spacial score (nSPS) is 34.6. The summed E-state index contributed by atoms with van der Waals surface area (Å²) in [7, 11) is 1.53. The molecule has 0 spiro atoms. The van der Waals surface area contributed by atoms with E-state index in [4.69, 9.17) is 23.7 Å². The van der Waals surface area contributed by atoms with Crippen LogP contribution in [0.15, 0.2) is 12.2 Å². The van der Waals surface area contributed by atoms with Gasteiger partial charge in [0, 0.05) is 13.2 Å². The van der Waals surface area contributed by atoms with Gasteiger partial charge in [0.2, 0.25) is 0 Å². The molecule has 2 aliphatic rings. The fourth-order valence-corrected chi connectivity index (χ4v) is 1.99. The lowest BCUT2D eigenvalue weighted by Gasteiger charge is -2.31. The first-order chi connectivity index (χ1) is 8.52. The molecule has 0 N–H and O–H groups in total. The van der Waals surface area contributed by atoms with Gasteiger partial charge in [0.25, 0.3) is 0 Å². The van der Waals surface area contributed by atoms with E-state index in [1.165, 1.54) is 13.2 Å². The smallest absolute Gasteiger partial charge is 0.330 e. The minimum atomic E-state index is -0.663. The molecule has 3 atom stereocenters. The molecule has 2 heterocycles. The highest BCUT2D eigenvalue weighted by Gasteiger charge is 2.43. The minimum Gasteiger partial charge on any atom is -0.453 e. The van der Waals surface area contributed by atoms with Crippen LogP contribution in [0.1, 0.15) is 13.8 Å². The molecule has 0 aromatic carbocycles. The third kappa shape index (κ3) is 3.08. The average Bonchev–Trinajstić information content (AvgIpc) is 2.68. The maximum atomic E-state index is 11.3. The molecular formula is C12H18O6. The molecule has 6 heteroatoms. The number of hydrogen-bond acceptors (Lipinski definition) is 6. The Kier molecular flexibility index (Phi) is 4.01. The van der Waals surface area contributed by atoms with Gasteiger partial charge in [-0.25, -0.2) is 4.79 Å². The molecular weight excluding hydrogens is 240 g/mol. The summed E-state index contributed by atoms with van der Waals surface area (Å²) in [5.74, 6) is -1.06. The molecule has 1 saturated heterocycles. The number of rotatable bonds is 4. The van der Waals surface area contributed by atoms with Gasteiger partial charge in [0.1, 0.15) is 19.0 Å². The van der Waals surface area contributed by atoms with Crippen LogP contribution in [-0.2, 0) is 28.5 Å². The lowest BCUT2D eigenvalue weighted by molar-refractivity contribution is -0.188. The van der Waals surface area contributed by atoms with E-state index in [1.807, 2.05) is 13.8 Å². The number of ether oxygens (including phenoxy) is 5. The molecule has 0 radical (unpaired) electrons. The maximum Gasteiger partial charge on any atom is 0.330 e. The Balaban J connectivity index is 2.03. The SMILES string of the molecule is COCO[C@H]1C=CC(=O)O[C@H]1[C@H]1COC(C)(C)O1. The van der Waals surface area contributed by atoms with Gasteiger partial charge in [-0.15, -0.1) is 0 Å². The van der Waals surface area contributed by atoms with E-state index >= 15 is 0 Å². The summed E-state index contributed by atoms with van der Waals surface area (Å²) in [5.41, 5.74) is 0. The minimum absolute atomic E-state index is 0.125. The number of cyclic esters (lactones) is 1. The predicted octanol–water partition coefficient (Wildman–Crippen LogP) is 0.609. The molecule has 0 unspecified atom stereocenters. The van der Waals surface area contributed by atoms with E-state index in [-0.39, 0.29) is 19.0 Å². The van der Waals surface area contributed by atoms with Crippen molar-refractivity contribution in [2.45, 2.75) is 37.9 Å². The first-order valence-corrected chi connectivity index (χ1v) is 5.83. The number of carbonyl (C=O) groups excluding carboxylic acids is 1. The highest BCUT2D eigenvalue weighted by atomic mass is 16.8. The number of hydrogen-bond donors (Lipinski definition) is 0. The van der Waals surface area contributed by atoms with Crippen molar-refractivity contribution < 1.29 is 28.5 Å².